The summed E-state index contributed by atoms with van der Waals surface area (Å²) in [4.78, 5) is 15.4. The van der Waals surface area contributed by atoms with Gasteiger partial charge in [-0.3, -0.25) is 0 Å². The number of carbonyl (C=O) groups excluding carboxylic acids is 1. The number of benzene rings is 2. The normalized spacial score (nSPS) is 10.5. The van der Waals surface area contributed by atoms with Crippen LogP contribution in [0, 0.1) is 0 Å². The highest BCUT2D eigenvalue weighted by molar-refractivity contribution is 6.01. The van der Waals surface area contributed by atoms with Crippen molar-refractivity contribution in [3.63, 3.8) is 0 Å². The monoisotopic (exact) mass is 337 g/mol. The van der Waals surface area contributed by atoms with Gasteiger partial charge in [0, 0.05) is 17.3 Å². The van der Waals surface area contributed by atoms with E-state index in [1.165, 1.54) is 0 Å². The lowest BCUT2D eigenvalue weighted by Gasteiger charge is -2.09. The zero-order chi connectivity index (χ0) is 17.8. The van der Waals surface area contributed by atoms with Crippen molar-refractivity contribution in [2.75, 3.05) is 13.7 Å². The average Bonchev–Trinajstić information content (AvgIpc) is 3.08. The van der Waals surface area contributed by atoms with E-state index in [4.69, 9.17) is 9.47 Å². The van der Waals surface area contributed by atoms with E-state index in [9.17, 15) is 9.90 Å². The fourth-order valence-electron chi connectivity index (χ4n) is 2.71. The molecule has 0 aliphatic heterocycles. The van der Waals surface area contributed by atoms with Gasteiger partial charge in [-0.05, 0) is 42.3 Å². The number of rotatable bonds is 5. The number of aromatic nitrogens is 1. The van der Waals surface area contributed by atoms with Crippen LogP contribution in [0.25, 0.3) is 22.3 Å². The Morgan fingerprint density at radius 3 is 2.28 bits per heavy atom. The van der Waals surface area contributed by atoms with Crippen LogP contribution in [0.1, 0.15) is 17.4 Å². The Morgan fingerprint density at radius 1 is 1.04 bits per heavy atom. The van der Waals surface area contributed by atoms with Crippen molar-refractivity contribution in [1.29, 1.82) is 0 Å². The average molecular weight is 337 g/mol. The van der Waals surface area contributed by atoms with E-state index in [1.54, 1.807) is 44.5 Å². The predicted octanol–water partition coefficient (Wildman–Crippen LogP) is 4.24. The first-order chi connectivity index (χ1) is 12.1. The van der Waals surface area contributed by atoms with Crippen molar-refractivity contribution in [3.05, 3.63) is 60.4 Å². The highest BCUT2D eigenvalue weighted by atomic mass is 16.5. The lowest BCUT2D eigenvalue weighted by Crippen LogP contribution is -2.06. The van der Waals surface area contributed by atoms with Gasteiger partial charge in [0.05, 0.1) is 13.7 Å². The Balaban J connectivity index is 2.14. The third kappa shape index (κ3) is 3.35. The van der Waals surface area contributed by atoms with Gasteiger partial charge in [0.15, 0.2) is 0 Å². The van der Waals surface area contributed by atoms with Gasteiger partial charge in [-0.25, -0.2) is 4.79 Å². The topological polar surface area (TPSA) is 71.6 Å². The van der Waals surface area contributed by atoms with Gasteiger partial charge < -0.3 is 19.6 Å². The molecule has 0 saturated heterocycles. The number of nitrogens with one attached hydrogen (secondary N) is 1. The van der Waals surface area contributed by atoms with Gasteiger partial charge >= 0.3 is 5.97 Å². The summed E-state index contributed by atoms with van der Waals surface area (Å²) in [5.74, 6) is 0.518. The molecule has 0 saturated carbocycles. The summed E-state index contributed by atoms with van der Waals surface area (Å²) in [5, 5.41) is 9.55. The molecule has 1 heterocycles. The highest BCUT2D eigenvalue weighted by Crippen LogP contribution is 2.36. The summed E-state index contributed by atoms with van der Waals surface area (Å²) in [7, 11) is 1.62. The van der Waals surface area contributed by atoms with E-state index in [-0.39, 0.29) is 5.75 Å². The van der Waals surface area contributed by atoms with Crippen LogP contribution in [0.2, 0.25) is 0 Å². The second-order valence-corrected chi connectivity index (χ2v) is 5.45. The second kappa shape index (κ2) is 7.13. The molecule has 0 fully saturated rings. The van der Waals surface area contributed by atoms with Crippen molar-refractivity contribution >= 4 is 5.97 Å². The predicted molar refractivity (Wildman–Crippen MR) is 95.8 cm³/mol. The fraction of sp³-hybridized carbons (Fsp3) is 0.150. The molecule has 5 heteroatoms. The van der Waals surface area contributed by atoms with Crippen LogP contribution in [0.3, 0.4) is 0 Å². The molecule has 0 bridgehead atoms. The van der Waals surface area contributed by atoms with Crippen molar-refractivity contribution in [2.45, 2.75) is 6.92 Å². The van der Waals surface area contributed by atoms with Crippen LogP contribution in [0.4, 0.5) is 0 Å². The summed E-state index contributed by atoms with van der Waals surface area (Å²) < 4.78 is 10.4. The quantitative estimate of drug-likeness (QED) is 0.683. The highest BCUT2D eigenvalue weighted by Gasteiger charge is 2.21. The van der Waals surface area contributed by atoms with E-state index in [1.807, 2.05) is 24.3 Å². The Morgan fingerprint density at radius 2 is 1.68 bits per heavy atom. The van der Waals surface area contributed by atoms with Crippen molar-refractivity contribution in [2.24, 2.45) is 0 Å². The van der Waals surface area contributed by atoms with Gasteiger partial charge in [0.1, 0.15) is 17.2 Å². The lowest BCUT2D eigenvalue weighted by atomic mass is 9.96. The summed E-state index contributed by atoms with van der Waals surface area (Å²) >= 11 is 0. The first-order valence-corrected chi connectivity index (χ1v) is 7.96. The number of methoxy groups -OCH3 is 1. The molecule has 128 valence electrons. The molecule has 2 aromatic carbocycles. The zero-order valence-corrected chi connectivity index (χ0v) is 14.1. The van der Waals surface area contributed by atoms with Crippen molar-refractivity contribution < 1.29 is 19.4 Å². The maximum Gasteiger partial charge on any atom is 0.355 e. The maximum atomic E-state index is 12.3. The lowest BCUT2D eigenvalue weighted by molar-refractivity contribution is 0.0521. The molecule has 0 amide bonds. The largest absolute Gasteiger partial charge is 0.508 e. The molecule has 25 heavy (non-hydrogen) atoms. The van der Waals surface area contributed by atoms with Crippen molar-refractivity contribution in [1.82, 2.24) is 4.98 Å². The summed E-state index contributed by atoms with van der Waals surface area (Å²) in [6.45, 7) is 2.07. The minimum atomic E-state index is -0.412. The van der Waals surface area contributed by atoms with E-state index in [0.717, 1.165) is 28.0 Å². The van der Waals surface area contributed by atoms with Crippen LogP contribution in [0.5, 0.6) is 11.5 Å². The standard InChI is InChI=1S/C20H19NO4/c1-3-25-20(23)19-18(14-4-8-15(22)9-5-14)17(12-21-19)13-6-10-16(24-2)11-7-13/h4-12,21-22H,3H2,1-2H3. The number of phenolic OH excluding ortho intramolecular Hbond substituents is 1. The third-order valence-corrected chi connectivity index (χ3v) is 3.92. The molecule has 5 nitrogen and oxygen atoms in total. The first-order valence-electron chi connectivity index (χ1n) is 7.96. The number of aromatic hydroxyl groups is 1. The minimum Gasteiger partial charge on any atom is -0.508 e. The molecular formula is C20H19NO4. The van der Waals surface area contributed by atoms with E-state index in [2.05, 4.69) is 4.98 Å². The number of phenols is 1. The van der Waals surface area contributed by atoms with E-state index >= 15 is 0 Å². The van der Waals surface area contributed by atoms with Crippen LogP contribution in [0.15, 0.2) is 54.7 Å². The number of carbonyl (C=O) groups is 1. The van der Waals surface area contributed by atoms with Gasteiger partial charge in [-0.2, -0.15) is 0 Å². The molecule has 0 aliphatic carbocycles. The third-order valence-electron chi connectivity index (χ3n) is 3.92. The molecule has 0 spiro atoms. The van der Waals surface area contributed by atoms with E-state index < -0.39 is 5.97 Å². The Kier molecular flexibility index (Phi) is 4.75. The molecule has 0 unspecified atom stereocenters. The number of esters is 1. The second-order valence-electron chi connectivity index (χ2n) is 5.45. The van der Waals surface area contributed by atoms with Gasteiger partial charge in [-0.15, -0.1) is 0 Å². The number of hydrogen-bond donors (Lipinski definition) is 2. The summed E-state index contributed by atoms with van der Waals surface area (Å²) in [6.07, 6.45) is 1.79. The fourth-order valence-corrected chi connectivity index (χ4v) is 2.71. The SMILES string of the molecule is CCOC(=O)c1[nH]cc(-c2ccc(OC)cc2)c1-c1ccc(O)cc1. The van der Waals surface area contributed by atoms with Gasteiger partial charge in [-0.1, -0.05) is 24.3 Å². The summed E-state index contributed by atoms with van der Waals surface area (Å²) in [6, 6.07) is 14.3. The van der Waals surface area contributed by atoms with Crippen LogP contribution >= 0.6 is 0 Å². The molecule has 1 aromatic heterocycles. The Hall–Kier alpha value is -3.21. The van der Waals surface area contributed by atoms with Crippen LogP contribution in [-0.2, 0) is 4.74 Å². The molecule has 0 aliphatic rings. The van der Waals surface area contributed by atoms with Gasteiger partial charge in [0.2, 0.25) is 0 Å². The number of ether oxygens (including phenoxy) is 2. The van der Waals surface area contributed by atoms with Gasteiger partial charge in [0.25, 0.3) is 0 Å². The molecular weight excluding hydrogens is 318 g/mol. The maximum absolute atomic E-state index is 12.3. The van der Waals surface area contributed by atoms with Crippen molar-refractivity contribution in [3.8, 4) is 33.8 Å². The van der Waals surface area contributed by atoms with Crippen LogP contribution in [-0.4, -0.2) is 29.8 Å². The zero-order valence-electron chi connectivity index (χ0n) is 14.1. The molecule has 3 rings (SSSR count). The molecule has 0 radical (unpaired) electrons. The smallest absolute Gasteiger partial charge is 0.355 e. The number of aromatic amines is 1. The van der Waals surface area contributed by atoms with E-state index in [0.29, 0.717) is 12.3 Å². The molecule has 3 aromatic rings. The Bertz CT molecular complexity index is 864. The Labute approximate surface area is 145 Å². The molecule has 2 N–H and O–H groups in total. The molecule has 0 atom stereocenters. The first kappa shape index (κ1) is 16.6. The summed E-state index contributed by atoms with van der Waals surface area (Å²) in [5.41, 5.74) is 3.75. The number of H-pyrrole nitrogens is 1. The number of hydrogen-bond acceptors (Lipinski definition) is 4. The minimum absolute atomic E-state index is 0.169. The van der Waals surface area contributed by atoms with Crippen LogP contribution < -0.4 is 4.74 Å².